The Morgan fingerprint density at radius 3 is 1.70 bits per heavy atom. The van der Waals surface area contributed by atoms with Crippen LogP contribution in [0.1, 0.15) is 0 Å². The SMILES string of the molecule is COc1ccc(N=Nc2cc(OCCO)c(N=Nc3c(S(=O)(=O)O)cc4cc(S(=O)(=O)O)c(N=NC5C(=O)N(c6ccc(S(=O)(=O)O)cc6)N=C5C(=O)O)cc4c3O)cc2OCCO)c(S(=O)(=O)O)c1. The lowest BCUT2D eigenvalue weighted by Crippen LogP contribution is -2.33. The van der Waals surface area contributed by atoms with Gasteiger partial charge in [0.15, 0.2) is 11.5 Å². The van der Waals surface area contributed by atoms with Crippen LogP contribution in [0.4, 0.5) is 34.1 Å². The van der Waals surface area contributed by atoms with Crippen molar-refractivity contribution in [1.29, 1.82) is 0 Å². The fourth-order valence-corrected chi connectivity index (χ4v) is 8.49. The zero-order valence-corrected chi connectivity index (χ0v) is 38.2. The number of azo groups is 3. The number of hydrazone groups is 1. The van der Waals surface area contributed by atoms with Crippen molar-refractivity contribution in [2.24, 2.45) is 35.8 Å². The number of aliphatic carboxylic acids is 1. The molecule has 0 aliphatic carbocycles. The molecule has 29 nitrogen and oxygen atoms in total. The van der Waals surface area contributed by atoms with E-state index >= 15 is 0 Å². The van der Waals surface area contributed by atoms with Crippen LogP contribution in [0.2, 0.25) is 0 Å². The van der Waals surface area contributed by atoms with Gasteiger partial charge in [-0.3, -0.25) is 23.0 Å². The largest absolute Gasteiger partial charge is 0.505 e. The summed E-state index contributed by atoms with van der Waals surface area (Å²) in [6, 6.07) is 8.85. The molecule has 5 aromatic rings. The van der Waals surface area contributed by atoms with Crippen LogP contribution in [0.5, 0.6) is 23.0 Å². The Morgan fingerprint density at radius 1 is 0.657 bits per heavy atom. The van der Waals surface area contributed by atoms with E-state index in [2.05, 4.69) is 35.8 Å². The maximum atomic E-state index is 13.4. The number of carboxylic acids is 1. The van der Waals surface area contributed by atoms with E-state index in [-0.39, 0.29) is 28.6 Å². The second-order valence-corrected chi connectivity index (χ2v) is 19.3. The number of aliphatic hydroxyl groups is 2. The highest BCUT2D eigenvalue weighted by molar-refractivity contribution is 7.86. The molecule has 1 heterocycles. The fraction of sp³-hybridized carbons (Fsp3) is 0.162. The first-order valence-corrected chi connectivity index (χ1v) is 24.6. The number of carbonyl (C=O) groups is 2. The molecule has 5 aromatic carbocycles. The van der Waals surface area contributed by atoms with Gasteiger partial charge in [0, 0.05) is 23.6 Å². The van der Waals surface area contributed by atoms with Crippen LogP contribution in [0.3, 0.4) is 0 Å². The topological polar surface area (TPSA) is 450 Å². The quantitative estimate of drug-likeness (QED) is 0.0427. The van der Waals surface area contributed by atoms with Gasteiger partial charge in [0.25, 0.3) is 46.4 Å². The Balaban J connectivity index is 1.47. The highest BCUT2D eigenvalue weighted by atomic mass is 32.2. The summed E-state index contributed by atoms with van der Waals surface area (Å²) in [6.07, 6.45) is 0. The van der Waals surface area contributed by atoms with Crippen LogP contribution in [-0.4, -0.2) is 129 Å². The van der Waals surface area contributed by atoms with Crippen molar-refractivity contribution in [3.8, 4) is 23.0 Å². The number of nitrogens with zero attached hydrogens (tertiary/aromatic N) is 8. The van der Waals surface area contributed by atoms with Gasteiger partial charge in [0.05, 0.1) is 30.9 Å². The Labute approximate surface area is 393 Å². The van der Waals surface area contributed by atoms with Gasteiger partial charge in [-0.2, -0.15) is 54.0 Å². The summed E-state index contributed by atoms with van der Waals surface area (Å²) in [5, 5.41) is 66.3. The van der Waals surface area contributed by atoms with Gasteiger partial charge < -0.3 is 34.6 Å². The summed E-state index contributed by atoms with van der Waals surface area (Å²) in [5.41, 5.74) is -4.22. The van der Waals surface area contributed by atoms with Gasteiger partial charge in [-0.25, -0.2) is 4.79 Å². The molecule has 70 heavy (non-hydrogen) atoms. The number of ether oxygens (including phenoxy) is 3. The molecule has 1 aliphatic heterocycles. The molecule has 0 spiro atoms. The summed E-state index contributed by atoms with van der Waals surface area (Å²) >= 11 is 0. The molecule has 0 bridgehead atoms. The molecule has 1 atom stereocenters. The third-order valence-electron chi connectivity index (χ3n) is 9.18. The van der Waals surface area contributed by atoms with Gasteiger partial charge in [-0.1, -0.05) is 0 Å². The van der Waals surface area contributed by atoms with E-state index < -0.39 is 149 Å². The average molecular weight is 1050 g/mol. The van der Waals surface area contributed by atoms with Gasteiger partial charge in [0.1, 0.15) is 73.6 Å². The molecule has 1 amide bonds. The van der Waals surface area contributed by atoms with E-state index in [1.807, 2.05) is 0 Å². The van der Waals surface area contributed by atoms with Crippen molar-refractivity contribution >= 4 is 103 Å². The second-order valence-electron chi connectivity index (χ2n) is 13.7. The number of anilines is 1. The minimum Gasteiger partial charge on any atom is -0.505 e. The monoisotopic (exact) mass is 1050 g/mol. The third kappa shape index (κ3) is 11.5. The Morgan fingerprint density at radius 2 is 1.19 bits per heavy atom. The van der Waals surface area contributed by atoms with E-state index in [4.69, 9.17) is 14.2 Å². The number of carboxylic acid groups (broad SMARTS) is 1. The molecule has 0 radical (unpaired) electrons. The lowest BCUT2D eigenvalue weighted by atomic mass is 10.1. The Hall–Kier alpha value is -7.47. The molecule has 1 aliphatic rings. The number of benzene rings is 5. The molecule has 0 saturated carbocycles. The fourth-order valence-electron chi connectivity index (χ4n) is 6.07. The molecular weight excluding hydrogens is 1020 g/mol. The van der Waals surface area contributed by atoms with Crippen molar-refractivity contribution in [3.05, 3.63) is 72.8 Å². The molecule has 0 saturated heterocycles. The summed E-state index contributed by atoms with van der Waals surface area (Å²) in [5.74, 6) is -4.82. The number of hydrogen-bond acceptors (Lipinski definition) is 23. The van der Waals surface area contributed by atoms with Gasteiger partial charge in [0.2, 0.25) is 6.04 Å². The smallest absolute Gasteiger partial charge is 0.355 e. The first-order chi connectivity index (χ1) is 32.8. The Bertz CT molecular complexity index is 3530. The highest BCUT2D eigenvalue weighted by Crippen LogP contribution is 2.46. The molecule has 33 heteroatoms. The summed E-state index contributed by atoms with van der Waals surface area (Å²) < 4.78 is 153. The molecule has 0 fully saturated rings. The maximum absolute atomic E-state index is 13.4. The van der Waals surface area contributed by atoms with E-state index in [1.165, 1.54) is 13.2 Å². The summed E-state index contributed by atoms with van der Waals surface area (Å²) in [7, 11) is -19.1. The third-order valence-corrected chi connectivity index (χ3v) is 12.7. The summed E-state index contributed by atoms with van der Waals surface area (Å²) in [6.45, 7) is -2.04. The van der Waals surface area contributed by atoms with Crippen LogP contribution >= 0.6 is 0 Å². The zero-order chi connectivity index (χ0) is 51.5. The predicted molar refractivity (Wildman–Crippen MR) is 235 cm³/mol. The Kier molecular flexibility index (Phi) is 15.0. The normalized spacial score (nSPS) is 14.8. The minimum atomic E-state index is -5.43. The lowest BCUT2D eigenvalue weighted by Gasteiger charge is -2.14. The van der Waals surface area contributed by atoms with E-state index in [9.17, 15) is 81.9 Å². The standard InChI is InChI=1S/C37H32N8O21S4/c1-64-20-4-7-23(30(14-20)69(58,59)60)38-39-24-16-28(66-11-9-47)25(17-27(24)65-10-8-46)40-42-32-31(70(61,62)63)13-18-12-29(68(55,56)57)26(15-22(18)35(32)48)41-43-33-34(37(50)51)44-45(36(33)49)19-2-5-21(6-3-19)67(52,53)54/h2-7,12-17,33,46-48H,8-11H2,1H3,(H,50,51)(H,52,53,54)(H,55,56,57)(H,58,59,60)(H,61,62,63). The van der Waals surface area contributed by atoms with Crippen molar-refractivity contribution < 1.29 is 96.1 Å². The second kappa shape index (κ2) is 20.2. The zero-order valence-electron chi connectivity index (χ0n) is 34.9. The molecule has 370 valence electrons. The van der Waals surface area contributed by atoms with Crippen molar-refractivity contribution in [2.45, 2.75) is 25.6 Å². The van der Waals surface area contributed by atoms with Gasteiger partial charge >= 0.3 is 5.97 Å². The molecular formula is C37H32N8O21S4. The number of phenols is 1. The lowest BCUT2D eigenvalue weighted by molar-refractivity contribution is -0.130. The number of amides is 1. The van der Waals surface area contributed by atoms with Gasteiger partial charge in [-0.15, -0.1) is 20.5 Å². The summed E-state index contributed by atoms with van der Waals surface area (Å²) in [4.78, 5) is 21.9. The molecule has 6 rings (SSSR count). The van der Waals surface area contributed by atoms with Crippen LogP contribution < -0.4 is 19.2 Å². The molecule has 0 aromatic heterocycles. The van der Waals surface area contributed by atoms with Crippen molar-refractivity contribution in [1.82, 2.24) is 0 Å². The molecule has 8 N–H and O–H groups in total. The average Bonchev–Trinajstić information content (AvgIpc) is 3.62. The number of rotatable bonds is 19. The molecule has 1 unspecified atom stereocenters. The van der Waals surface area contributed by atoms with Crippen LogP contribution in [0, 0.1) is 0 Å². The number of hydrogen-bond donors (Lipinski definition) is 8. The predicted octanol–water partition coefficient (Wildman–Crippen LogP) is 4.05. The van der Waals surface area contributed by atoms with E-state index in [0.29, 0.717) is 23.2 Å². The maximum Gasteiger partial charge on any atom is 0.355 e. The number of aliphatic hydroxyl groups excluding tert-OH is 2. The van der Waals surface area contributed by atoms with Crippen LogP contribution in [0.15, 0.2) is 128 Å². The highest BCUT2D eigenvalue weighted by Gasteiger charge is 2.41. The number of fused-ring (bicyclic) bond motifs is 1. The number of methoxy groups -OCH3 is 1. The minimum absolute atomic E-state index is 0.0295. The number of carbonyl (C=O) groups excluding carboxylic acids is 1. The van der Waals surface area contributed by atoms with Crippen molar-refractivity contribution in [2.75, 3.05) is 38.5 Å². The number of phenolic OH excluding ortho intramolecular Hbond substituents is 1. The first-order valence-electron chi connectivity index (χ1n) is 18.8. The first kappa shape index (κ1) is 51.9. The van der Waals surface area contributed by atoms with E-state index in [0.717, 1.165) is 48.5 Å². The van der Waals surface area contributed by atoms with E-state index in [1.54, 1.807) is 0 Å². The van der Waals surface area contributed by atoms with Crippen LogP contribution in [0.25, 0.3) is 10.8 Å². The number of aromatic hydroxyl groups is 1. The van der Waals surface area contributed by atoms with Crippen LogP contribution in [-0.2, 0) is 50.1 Å². The van der Waals surface area contributed by atoms with Gasteiger partial charge in [-0.05, 0) is 60.0 Å². The van der Waals surface area contributed by atoms with Crippen molar-refractivity contribution in [3.63, 3.8) is 0 Å².